The number of nitrogens with one attached hydrogen (secondary N) is 2. The van der Waals surface area contributed by atoms with Crippen LogP contribution < -0.4 is 15.4 Å². The van der Waals surface area contributed by atoms with Crippen molar-refractivity contribution in [1.29, 1.82) is 0 Å². The van der Waals surface area contributed by atoms with E-state index in [9.17, 15) is 4.79 Å². The Hall–Kier alpha value is -3.61. The number of ketones is 1. The maximum atomic E-state index is 13.3. The van der Waals surface area contributed by atoms with Gasteiger partial charge in [-0.25, -0.2) is 4.63 Å². The Labute approximate surface area is 167 Å². The molecule has 0 fully saturated rings. The number of fused-ring (bicyclic) bond motifs is 1. The summed E-state index contributed by atoms with van der Waals surface area (Å²) >= 11 is 0. The molecule has 0 spiro atoms. The zero-order valence-electron chi connectivity index (χ0n) is 15.9. The smallest absolute Gasteiger partial charge is 0.219 e. The van der Waals surface area contributed by atoms with Gasteiger partial charge in [0.05, 0.1) is 13.2 Å². The summed E-state index contributed by atoms with van der Waals surface area (Å²) in [7, 11) is 1.64. The maximum Gasteiger partial charge on any atom is 0.219 e. The van der Waals surface area contributed by atoms with E-state index in [1.807, 2.05) is 54.6 Å². The molecule has 2 aliphatic rings. The molecule has 1 aliphatic heterocycles. The van der Waals surface area contributed by atoms with Crippen LogP contribution in [-0.4, -0.2) is 23.2 Å². The standard InChI is InChI=1S/C22H20N4O3/c1-28-16-9-7-13(8-10-16)15-11-17-19(18(27)12-15)20(14-5-3-2-4-6-14)24-22-21(23-17)25-29-26-22/h2-10,15,20H,11-12H2,1H3,(H,23,25)(H,24,26)/t15-,20+/m0/s1. The summed E-state index contributed by atoms with van der Waals surface area (Å²) in [4.78, 5) is 13.3. The molecule has 1 aromatic heterocycles. The van der Waals surface area contributed by atoms with E-state index in [4.69, 9.17) is 9.37 Å². The third-order valence-electron chi connectivity index (χ3n) is 5.56. The molecule has 146 valence electrons. The summed E-state index contributed by atoms with van der Waals surface area (Å²) in [6, 6.07) is 17.5. The van der Waals surface area contributed by atoms with Crippen molar-refractivity contribution in [2.24, 2.45) is 0 Å². The van der Waals surface area contributed by atoms with Gasteiger partial charge in [0.2, 0.25) is 11.6 Å². The molecule has 0 saturated heterocycles. The van der Waals surface area contributed by atoms with Crippen LogP contribution in [0.1, 0.15) is 35.9 Å². The highest BCUT2D eigenvalue weighted by molar-refractivity contribution is 6.00. The molecule has 2 atom stereocenters. The van der Waals surface area contributed by atoms with Crippen molar-refractivity contribution in [2.45, 2.75) is 24.8 Å². The second kappa shape index (κ2) is 7.09. The van der Waals surface area contributed by atoms with Crippen LogP contribution in [0.15, 0.2) is 70.5 Å². The highest BCUT2D eigenvalue weighted by Crippen LogP contribution is 2.43. The minimum absolute atomic E-state index is 0.0810. The van der Waals surface area contributed by atoms with Gasteiger partial charge in [0, 0.05) is 17.7 Å². The number of ether oxygens (including phenoxy) is 1. The van der Waals surface area contributed by atoms with Gasteiger partial charge in [0.25, 0.3) is 0 Å². The summed E-state index contributed by atoms with van der Waals surface area (Å²) in [6.45, 7) is 0. The highest BCUT2D eigenvalue weighted by atomic mass is 16.6. The van der Waals surface area contributed by atoms with Gasteiger partial charge in [-0.05, 0) is 45.9 Å². The molecule has 0 bridgehead atoms. The molecule has 5 rings (SSSR count). The highest BCUT2D eigenvalue weighted by Gasteiger charge is 2.37. The zero-order chi connectivity index (χ0) is 19.8. The molecule has 2 heterocycles. The number of Topliss-reactive ketones (excluding diaryl/α,β-unsaturated/α-hetero) is 1. The van der Waals surface area contributed by atoms with Crippen molar-refractivity contribution < 1.29 is 14.2 Å². The van der Waals surface area contributed by atoms with E-state index in [0.29, 0.717) is 24.5 Å². The van der Waals surface area contributed by atoms with E-state index in [0.717, 1.165) is 28.1 Å². The van der Waals surface area contributed by atoms with Crippen LogP contribution in [-0.2, 0) is 4.79 Å². The lowest BCUT2D eigenvalue weighted by Gasteiger charge is -2.29. The first-order chi connectivity index (χ1) is 14.2. The summed E-state index contributed by atoms with van der Waals surface area (Å²) < 4.78 is 10.2. The molecule has 0 amide bonds. The Balaban J connectivity index is 1.56. The quantitative estimate of drug-likeness (QED) is 0.699. The van der Waals surface area contributed by atoms with Gasteiger partial charge >= 0.3 is 0 Å². The van der Waals surface area contributed by atoms with Crippen molar-refractivity contribution in [1.82, 2.24) is 10.3 Å². The lowest BCUT2D eigenvalue weighted by molar-refractivity contribution is -0.116. The molecule has 2 N–H and O–H groups in total. The van der Waals surface area contributed by atoms with Crippen molar-refractivity contribution >= 4 is 17.4 Å². The van der Waals surface area contributed by atoms with Gasteiger partial charge in [0.1, 0.15) is 5.75 Å². The monoisotopic (exact) mass is 388 g/mol. The lowest BCUT2D eigenvalue weighted by atomic mass is 9.78. The molecule has 3 aromatic rings. The first kappa shape index (κ1) is 17.5. The molecule has 7 nitrogen and oxygen atoms in total. The van der Waals surface area contributed by atoms with Crippen LogP contribution in [0.4, 0.5) is 11.6 Å². The summed E-state index contributed by atoms with van der Waals surface area (Å²) in [5.74, 6) is 2.00. The van der Waals surface area contributed by atoms with E-state index < -0.39 is 0 Å². The zero-order valence-corrected chi connectivity index (χ0v) is 15.9. The second-order valence-corrected chi connectivity index (χ2v) is 7.27. The van der Waals surface area contributed by atoms with Crippen LogP contribution in [0.3, 0.4) is 0 Å². The minimum Gasteiger partial charge on any atom is -0.497 e. The van der Waals surface area contributed by atoms with Gasteiger partial charge in [-0.2, -0.15) is 0 Å². The fraction of sp³-hybridized carbons (Fsp3) is 0.227. The number of benzene rings is 2. The molecule has 0 saturated carbocycles. The predicted octanol–water partition coefficient (Wildman–Crippen LogP) is 4.06. The Morgan fingerprint density at radius 3 is 2.48 bits per heavy atom. The average molecular weight is 388 g/mol. The lowest BCUT2D eigenvalue weighted by Crippen LogP contribution is -2.27. The van der Waals surface area contributed by atoms with E-state index in [1.54, 1.807) is 7.11 Å². The number of carbonyl (C=O) groups is 1. The first-order valence-electron chi connectivity index (χ1n) is 9.54. The molecule has 29 heavy (non-hydrogen) atoms. The number of rotatable bonds is 3. The molecule has 7 heteroatoms. The normalized spacial score (nSPS) is 20.8. The van der Waals surface area contributed by atoms with Gasteiger partial charge in [-0.15, -0.1) is 0 Å². The third kappa shape index (κ3) is 3.14. The Morgan fingerprint density at radius 2 is 1.72 bits per heavy atom. The van der Waals surface area contributed by atoms with Crippen LogP contribution in [0.2, 0.25) is 0 Å². The van der Waals surface area contributed by atoms with Gasteiger partial charge in [-0.1, -0.05) is 42.5 Å². The van der Waals surface area contributed by atoms with Gasteiger partial charge < -0.3 is 15.4 Å². The summed E-state index contributed by atoms with van der Waals surface area (Å²) in [5.41, 5.74) is 3.70. The van der Waals surface area contributed by atoms with Crippen LogP contribution in [0, 0.1) is 0 Å². The van der Waals surface area contributed by atoms with Crippen LogP contribution in [0.5, 0.6) is 5.75 Å². The molecular weight excluding hydrogens is 368 g/mol. The number of nitrogens with zero attached hydrogens (tertiary/aromatic N) is 2. The van der Waals surface area contributed by atoms with E-state index in [2.05, 4.69) is 20.9 Å². The Morgan fingerprint density at radius 1 is 0.966 bits per heavy atom. The number of allylic oxidation sites excluding steroid dienone is 1. The summed E-state index contributed by atoms with van der Waals surface area (Å²) in [6.07, 6.45) is 1.15. The van der Waals surface area contributed by atoms with E-state index in [1.165, 1.54) is 0 Å². The minimum atomic E-state index is -0.309. The number of aromatic nitrogens is 2. The van der Waals surface area contributed by atoms with Crippen molar-refractivity contribution in [3.05, 3.63) is 77.0 Å². The molecule has 0 radical (unpaired) electrons. The fourth-order valence-corrected chi connectivity index (χ4v) is 4.11. The molecule has 0 unspecified atom stereocenters. The largest absolute Gasteiger partial charge is 0.497 e. The van der Waals surface area contributed by atoms with Crippen LogP contribution in [0.25, 0.3) is 0 Å². The van der Waals surface area contributed by atoms with E-state index in [-0.39, 0.29) is 17.7 Å². The molecule has 1 aliphatic carbocycles. The SMILES string of the molecule is COc1ccc([C@@H]2CC(=O)C3=C(C2)Nc2nonc2N[C@@H]3c2ccccc2)cc1. The first-order valence-corrected chi connectivity index (χ1v) is 9.54. The number of hydrogen-bond acceptors (Lipinski definition) is 7. The van der Waals surface area contributed by atoms with Crippen molar-refractivity contribution in [3.63, 3.8) is 0 Å². The second-order valence-electron chi connectivity index (χ2n) is 7.27. The molecular formula is C22H20N4O3. The number of carbonyl (C=O) groups excluding carboxylic acids is 1. The average Bonchev–Trinajstić information content (AvgIpc) is 3.13. The van der Waals surface area contributed by atoms with E-state index >= 15 is 0 Å². The topological polar surface area (TPSA) is 89.3 Å². The number of hydrogen-bond donors (Lipinski definition) is 2. The predicted molar refractivity (Wildman–Crippen MR) is 108 cm³/mol. The van der Waals surface area contributed by atoms with Gasteiger partial charge in [-0.3, -0.25) is 4.79 Å². The fourth-order valence-electron chi connectivity index (χ4n) is 4.11. The van der Waals surface area contributed by atoms with Gasteiger partial charge in [0.15, 0.2) is 5.78 Å². The van der Waals surface area contributed by atoms with Crippen molar-refractivity contribution in [2.75, 3.05) is 17.7 Å². The van der Waals surface area contributed by atoms with Crippen molar-refractivity contribution in [3.8, 4) is 5.75 Å². The third-order valence-corrected chi connectivity index (χ3v) is 5.56. The van der Waals surface area contributed by atoms with Crippen LogP contribution >= 0.6 is 0 Å². The molecule has 2 aromatic carbocycles. The number of methoxy groups -OCH3 is 1. The Bertz CT molecular complexity index is 1070. The maximum absolute atomic E-state index is 13.3. The number of anilines is 2. The summed E-state index contributed by atoms with van der Waals surface area (Å²) in [5, 5.41) is 14.5. The Kier molecular flexibility index (Phi) is 4.27.